The smallest absolute Gasteiger partial charge is 0.120 e. The van der Waals surface area contributed by atoms with Crippen LogP contribution in [0.2, 0.25) is 0 Å². The van der Waals surface area contributed by atoms with Crippen LogP contribution < -0.4 is 9.47 Å². The lowest BCUT2D eigenvalue weighted by molar-refractivity contribution is 0.304. The SMILES string of the molecule is C=C(O)C[C@H](CCC)c1cccc(OCc2ccc(-c3cccc(OC)c3)c([C@H]3CCCC3(C)C)c2)c1. The molecule has 0 amide bonds. The Bertz CT molecular complexity index is 1210. The van der Waals surface area contributed by atoms with Crippen LogP contribution in [0.1, 0.15) is 87.8 Å². The first-order chi connectivity index (χ1) is 17.8. The van der Waals surface area contributed by atoms with Crippen LogP contribution in [0, 0.1) is 5.41 Å². The van der Waals surface area contributed by atoms with Gasteiger partial charge in [0.05, 0.1) is 12.9 Å². The number of aliphatic hydroxyl groups excluding tert-OH is 1. The van der Waals surface area contributed by atoms with E-state index in [4.69, 9.17) is 9.47 Å². The van der Waals surface area contributed by atoms with Crippen LogP contribution in [0.15, 0.2) is 79.1 Å². The van der Waals surface area contributed by atoms with Gasteiger partial charge in [-0.1, -0.05) is 82.7 Å². The van der Waals surface area contributed by atoms with Gasteiger partial charge < -0.3 is 14.6 Å². The van der Waals surface area contributed by atoms with E-state index in [-0.39, 0.29) is 17.1 Å². The fourth-order valence-electron chi connectivity index (χ4n) is 5.99. The Morgan fingerprint density at radius 3 is 2.54 bits per heavy atom. The van der Waals surface area contributed by atoms with E-state index in [0.29, 0.717) is 18.9 Å². The largest absolute Gasteiger partial charge is 0.513 e. The fourth-order valence-corrected chi connectivity index (χ4v) is 5.99. The molecule has 1 N–H and O–H groups in total. The topological polar surface area (TPSA) is 38.7 Å². The Labute approximate surface area is 223 Å². The molecular formula is C34H42O3. The van der Waals surface area contributed by atoms with Crippen molar-refractivity contribution in [3.63, 3.8) is 0 Å². The van der Waals surface area contributed by atoms with Gasteiger partial charge in [0.25, 0.3) is 0 Å². The average Bonchev–Trinajstić information content (AvgIpc) is 3.25. The van der Waals surface area contributed by atoms with Gasteiger partial charge in [-0.15, -0.1) is 0 Å². The molecule has 4 rings (SSSR count). The molecule has 0 bridgehead atoms. The summed E-state index contributed by atoms with van der Waals surface area (Å²) in [5.74, 6) is 2.75. The first-order valence-corrected chi connectivity index (χ1v) is 13.7. The highest BCUT2D eigenvalue weighted by atomic mass is 16.5. The number of hydrogen-bond donors (Lipinski definition) is 1. The molecule has 1 aliphatic rings. The van der Waals surface area contributed by atoms with E-state index in [9.17, 15) is 5.11 Å². The molecule has 0 radical (unpaired) electrons. The van der Waals surface area contributed by atoms with Crippen molar-refractivity contribution in [3.05, 3.63) is 95.8 Å². The molecule has 0 spiro atoms. The van der Waals surface area contributed by atoms with Gasteiger partial charge >= 0.3 is 0 Å². The minimum atomic E-state index is 0.239. The Kier molecular flexibility index (Phi) is 8.63. The van der Waals surface area contributed by atoms with Gasteiger partial charge in [-0.2, -0.15) is 0 Å². The van der Waals surface area contributed by atoms with Crippen LogP contribution in [0.5, 0.6) is 11.5 Å². The van der Waals surface area contributed by atoms with Gasteiger partial charge in [-0.05, 0) is 88.6 Å². The molecule has 0 aromatic heterocycles. The van der Waals surface area contributed by atoms with Gasteiger partial charge in [0.1, 0.15) is 18.1 Å². The highest BCUT2D eigenvalue weighted by Gasteiger charge is 2.36. The summed E-state index contributed by atoms with van der Waals surface area (Å²) in [6.45, 7) is 11.2. The molecule has 1 aliphatic carbocycles. The number of allylic oxidation sites excluding steroid dienone is 1. The summed E-state index contributed by atoms with van der Waals surface area (Å²) in [4.78, 5) is 0. The van der Waals surface area contributed by atoms with Crippen LogP contribution in [-0.4, -0.2) is 12.2 Å². The van der Waals surface area contributed by atoms with Crippen molar-refractivity contribution in [2.24, 2.45) is 5.41 Å². The Balaban J connectivity index is 1.60. The molecule has 1 fully saturated rings. The van der Waals surface area contributed by atoms with E-state index in [0.717, 1.165) is 24.3 Å². The lowest BCUT2D eigenvalue weighted by Gasteiger charge is -2.30. The van der Waals surface area contributed by atoms with Crippen molar-refractivity contribution in [1.82, 2.24) is 0 Å². The molecule has 3 nitrogen and oxygen atoms in total. The molecule has 37 heavy (non-hydrogen) atoms. The van der Waals surface area contributed by atoms with Crippen LogP contribution >= 0.6 is 0 Å². The first-order valence-electron chi connectivity index (χ1n) is 13.7. The van der Waals surface area contributed by atoms with Gasteiger partial charge in [0.15, 0.2) is 0 Å². The minimum absolute atomic E-state index is 0.239. The summed E-state index contributed by atoms with van der Waals surface area (Å²) in [5.41, 5.74) is 6.54. The van der Waals surface area contributed by atoms with Crippen LogP contribution in [-0.2, 0) is 6.61 Å². The number of ether oxygens (including phenoxy) is 2. The van der Waals surface area contributed by atoms with Gasteiger partial charge in [-0.3, -0.25) is 0 Å². The normalized spacial score (nSPS) is 17.4. The number of aliphatic hydroxyl groups is 1. The summed E-state index contributed by atoms with van der Waals surface area (Å²) in [6.07, 6.45) is 6.39. The first kappa shape index (κ1) is 26.9. The molecule has 3 heteroatoms. The van der Waals surface area contributed by atoms with Crippen molar-refractivity contribution in [3.8, 4) is 22.6 Å². The predicted octanol–water partition coefficient (Wildman–Crippen LogP) is 9.58. The van der Waals surface area contributed by atoms with E-state index in [2.05, 4.69) is 75.9 Å². The molecule has 1 saturated carbocycles. The second-order valence-corrected chi connectivity index (χ2v) is 11.2. The Morgan fingerprint density at radius 1 is 1.05 bits per heavy atom. The van der Waals surface area contributed by atoms with Crippen molar-refractivity contribution in [1.29, 1.82) is 0 Å². The molecule has 0 aliphatic heterocycles. The highest BCUT2D eigenvalue weighted by Crippen LogP contribution is 2.51. The summed E-state index contributed by atoms with van der Waals surface area (Å²) in [5, 5.41) is 9.79. The number of rotatable bonds is 11. The fraction of sp³-hybridized carbons (Fsp3) is 0.412. The third-order valence-electron chi connectivity index (χ3n) is 7.98. The van der Waals surface area contributed by atoms with Crippen LogP contribution in [0.3, 0.4) is 0 Å². The monoisotopic (exact) mass is 498 g/mol. The number of benzene rings is 3. The highest BCUT2D eigenvalue weighted by molar-refractivity contribution is 5.70. The van der Waals surface area contributed by atoms with Crippen molar-refractivity contribution in [2.45, 2.75) is 77.7 Å². The standard InChI is InChI=1S/C34H42O3/c1-6-10-26(19-24(2)35)27-11-7-14-30(21-27)37-23-25-16-17-31(28-12-8-13-29(22-28)36-5)32(20-25)33-15-9-18-34(33,3)4/h7-8,11-14,16-17,20-22,26,33,35H,2,6,9-10,15,18-19,23H2,1,3-5H3/t26-,33+/m0/s1. The number of hydrogen-bond acceptors (Lipinski definition) is 3. The number of methoxy groups -OCH3 is 1. The zero-order valence-corrected chi connectivity index (χ0v) is 22.9. The molecule has 196 valence electrons. The van der Waals surface area contributed by atoms with Gasteiger partial charge in [0, 0.05) is 6.42 Å². The molecule has 0 unspecified atom stereocenters. The van der Waals surface area contributed by atoms with Crippen LogP contribution in [0.25, 0.3) is 11.1 Å². The van der Waals surface area contributed by atoms with Crippen molar-refractivity contribution >= 4 is 0 Å². The summed E-state index contributed by atoms with van der Waals surface area (Å²) in [7, 11) is 1.72. The lowest BCUT2D eigenvalue weighted by atomic mass is 9.75. The average molecular weight is 499 g/mol. The Hall–Kier alpha value is -3.20. The summed E-state index contributed by atoms with van der Waals surface area (Å²) >= 11 is 0. The van der Waals surface area contributed by atoms with E-state index in [1.165, 1.54) is 47.1 Å². The maximum atomic E-state index is 9.79. The van der Waals surface area contributed by atoms with Crippen molar-refractivity contribution in [2.75, 3.05) is 7.11 Å². The zero-order valence-electron chi connectivity index (χ0n) is 22.9. The second-order valence-electron chi connectivity index (χ2n) is 11.2. The molecule has 3 aromatic carbocycles. The van der Waals surface area contributed by atoms with Gasteiger partial charge in [0.2, 0.25) is 0 Å². The van der Waals surface area contributed by atoms with E-state index in [1.54, 1.807) is 7.11 Å². The van der Waals surface area contributed by atoms with E-state index >= 15 is 0 Å². The lowest BCUT2D eigenvalue weighted by Crippen LogP contribution is -2.16. The Morgan fingerprint density at radius 2 is 1.84 bits per heavy atom. The van der Waals surface area contributed by atoms with E-state index < -0.39 is 0 Å². The third kappa shape index (κ3) is 6.57. The quantitative estimate of drug-likeness (QED) is 0.267. The van der Waals surface area contributed by atoms with Gasteiger partial charge in [-0.25, -0.2) is 0 Å². The second kappa shape index (κ2) is 11.9. The molecule has 0 saturated heterocycles. The maximum Gasteiger partial charge on any atom is 0.120 e. The van der Waals surface area contributed by atoms with Crippen LogP contribution in [0.4, 0.5) is 0 Å². The van der Waals surface area contributed by atoms with Crippen molar-refractivity contribution < 1.29 is 14.6 Å². The zero-order chi connectivity index (χ0) is 26.4. The molecular weight excluding hydrogens is 456 g/mol. The molecule has 0 heterocycles. The predicted molar refractivity (Wildman–Crippen MR) is 154 cm³/mol. The molecule has 2 atom stereocenters. The third-order valence-corrected chi connectivity index (χ3v) is 7.98. The summed E-state index contributed by atoms with van der Waals surface area (Å²) in [6, 6.07) is 23.5. The van der Waals surface area contributed by atoms with E-state index in [1.807, 2.05) is 18.2 Å². The maximum absolute atomic E-state index is 9.79. The molecule has 3 aromatic rings. The summed E-state index contributed by atoms with van der Waals surface area (Å²) < 4.78 is 11.8. The minimum Gasteiger partial charge on any atom is -0.513 e.